The van der Waals surface area contributed by atoms with E-state index >= 15 is 0 Å². The fourth-order valence-electron chi connectivity index (χ4n) is 2.83. The molecule has 0 bridgehead atoms. The largest absolute Gasteiger partial charge is 0.361 e. The monoisotopic (exact) mass is 274 g/mol. The molecule has 1 fully saturated rings. The SMILES string of the molecule is c1ccc2c(CCCNC3CCSCC3)c[nH]c2c1. The quantitative estimate of drug-likeness (QED) is 0.816. The van der Waals surface area contributed by atoms with Gasteiger partial charge >= 0.3 is 0 Å². The Hall–Kier alpha value is -0.930. The Bertz CT molecular complexity index is 514. The molecule has 1 saturated heterocycles. The van der Waals surface area contributed by atoms with E-state index in [0.717, 1.165) is 12.6 Å². The zero-order valence-electron chi connectivity index (χ0n) is 11.3. The van der Waals surface area contributed by atoms with Gasteiger partial charge in [0.25, 0.3) is 0 Å². The van der Waals surface area contributed by atoms with Gasteiger partial charge in [0.1, 0.15) is 0 Å². The Morgan fingerprint density at radius 3 is 2.95 bits per heavy atom. The van der Waals surface area contributed by atoms with Crippen LogP contribution in [-0.4, -0.2) is 29.1 Å². The van der Waals surface area contributed by atoms with Gasteiger partial charge in [-0.3, -0.25) is 0 Å². The van der Waals surface area contributed by atoms with E-state index in [9.17, 15) is 0 Å². The van der Waals surface area contributed by atoms with E-state index in [1.165, 1.54) is 53.7 Å². The van der Waals surface area contributed by atoms with Crippen LogP contribution in [-0.2, 0) is 6.42 Å². The molecule has 2 N–H and O–H groups in total. The van der Waals surface area contributed by atoms with Crippen LogP contribution in [0.4, 0.5) is 0 Å². The van der Waals surface area contributed by atoms with Gasteiger partial charge in [0.2, 0.25) is 0 Å². The highest BCUT2D eigenvalue weighted by atomic mass is 32.2. The number of fused-ring (bicyclic) bond motifs is 1. The van der Waals surface area contributed by atoms with Crippen molar-refractivity contribution in [2.45, 2.75) is 31.7 Å². The summed E-state index contributed by atoms with van der Waals surface area (Å²) in [6, 6.07) is 9.34. The zero-order valence-corrected chi connectivity index (χ0v) is 12.1. The van der Waals surface area contributed by atoms with Crippen LogP contribution in [0.5, 0.6) is 0 Å². The Kier molecular flexibility index (Phi) is 4.46. The third-order valence-electron chi connectivity index (χ3n) is 3.95. The molecule has 1 aliphatic rings. The van der Waals surface area contributed by atoms with Crippen LogP contribution in [0.1, 0.15) is 24.8 Å². The van der Waals surface area contributed by atoms with Gasteiger partial charge in [-0.05, 0) is 55.4 Å². The van der Waals surface area contributed by atoms with Crippen LogP contribution < -0.4 is 5.32 Å². The maximum Gasteiger partial charge on any atom is 0.0456 e. The fourth-order valence-corrected chi connectivity index (χ4v) is 3.93. The summed E-state index contributed by atoms with van der Waals surface area (Å²) in [6.45, 7) is 1.15. The van der Waals surface area contributed by atoms with E-state index in [4.69, 9.17) is 0 Å². The molecule has 102 valence electrons. The predicted octanol–water partition coefficient (Wildman–Crippen LogP) is 3.59. The summed E-state index contributed by atoms with van der Waals surface area (Å²) in [6.07, 6.45) is 7.25. The summed E-state index contributed by atoms with van der Waals surface area (Å²) in [5, 5.41) is 5.09. The standard InChI is InChI=1S/C16H22N2S/c1-2-6-16-15(5-1)13(12-18-16)4-3-9-17-14-7-10-19-11-8-14/h1-2,5-6,12,14,17-18H,3-4,7-11H2. The van der Waals surface area contributed by atoms with Crippen molar-refractivity contribution in [1.29, 1.82) is 0 Å². The summed E-state index contributed by atoms with van der Waals surface area (Å²) in [4.78, 5) is 3.36. The molecule has 3 rings (SSSR count). The number of H-pyrrole nitrogens is 1. The van der Waals surface area contributed by atoms with Crippen LogP contribution in [0, 0.1) is 0 Å². The van der Waals surface area contributed by atoms with Gasteiger partial charge in [-0.25, -0.2) is 0 Å². The molecule has 1 aliphatic heterocycles. The minimum absolute atomic E-state index is 0.768. The molecule has 2 heterocycles. The highest BCUT2D eigenvalue weighted by Gasteiger charge is 2.12. The number of hydrogen-bond acceptors (Lipinski definition) is 2. The van der Waals surface area contributed by atoms with Crippen molar-refractivity contribution in [3.05, 3.63) is 36.0 Å². The van der Waals surface area contributed by atoms with Crippen molar-refractivity contribution in [2.75, 3.05) is 18.1 Å². The van der Waals surface area contributed by atoms with Crippen molar-refractivity contribution >= 4 is 22.7 Å². The smallest absolute Gasteiger partial charge is 0.0456 e. The summed E-state index contributed by atoms with van der Waals surface area (Å²) < 4.78 is 0. The van der Waals surface area contributed by atoms with Gasteiger partial charge in [-0.2, -0.15) is 11.8 Å². The lowest BCUT2D eigenvalue weighted by atomic mass is 10.1. The second-order valence-corrected chi connectivity index (χ2v) is 6.53. The number of benzene rings is 1. The molecule has 0 unspecified atom stereocenters. The van der Waals surface area contributed by atoms with Crippen LogP contribution in [0.25, 0.3) is 10.9 Å². The molecule has 0 aliphatic carbocycles. The number of hydrogen-bond donors (Lipinski definition) is 2. The normalized spacial score (nSPS) is 17.1. The zero-order chi connectivity index (χ0) is 12.9. The first-order valence-corrected chi connectivity index (χ1v) is 8.45. The number of thioether (sulfide) groups is 1. The van der Waals surface area contributed by atoms with Crippen LogP contribution in [0.15, 0.2) is 30.5 Å². The first kappa shape index (κ1) is 13.1. The molecule has 0 spiro atoms. The highest BCUT2D eigenvalue weighted by molar-refractivity contribution is 7.99. The lowest BCUT2D eigenvalue weighted by Crippen LogP contribution is -2.33. The second-order valence-electron chi connectivity index (χ2n) is 5.30. The summed E-state index contributed by atoms with van der Waals surface area (Å²) in [7, 11) is 0. The lowest BCUT2D eigenvalue weighted by molar-refractivity contribution is 0.477. The Morgan fingerprint density at radius 2 is 2.05 bits per heavy atom. The number of aromatic amines is 1. The highest BCUT2D eigenvalue weighted by Crippen LogP contribution is 2.19. The average Bonchev–Trinajstić information content (AvgIpc) is 2.88. The number of para-hydroxylation sites is 1. The van der Waals surface area contributed by atoms with E-state index in [2.05, 4.69) is 52.5 Å². The van der Waals surface area contributed by atoms with Crippen LogP contribution in [0.2, 0.25) is 0 Å². The molecular formula is C16H22N2S. The van der Waals surface area contributed by atoms with E-state index in [1.54, 1.807) is 0 Å². The minimum atomic E-state index is 0.768. The average molecular weight is 274 g/mol. The van der Waals surface area contributed by atoms with Crippen molar-refractivity contribution in [3.63, 3.8) is 0 Å². The molecule has 0 radical (unpaired) electrons. The maximum atomic E-state index is 3.71. The first-order chi connectivity index (χ1) is 9.43. The molecule has 1 aromatic heterocycles. The number of aryl methyl sites for hydroxylation is 1. The van der Waals surface area contributed by atoms with Gasteiger partial charge in [0.05, 0.1) is 0 Å². The van der Waals surface area contributed by atoms with Crippen molar-refractivity contribution < 1.29 is 0 Å². The van der Waals surface area contributed by atoms with Gasteiger partial charge in [-0.15, -0.1) is 0 Å². The molecular weight excluding hydrogens is 252 g/mol. The lowest BCUT2D eigenvalue weighted by Gasteiger charge is -2.22. The molecule has 3 heteroatoms. The first-order valence-electron chi connectivity index (χ1n) is 7.29. The van der Waals surface area contributed by atoms with Gasteiger partial charge < -0.3 is 10.3 Å². The van der Waals surface area contributed by atoms with E-state index in [1.807, 2.05) is 0 Å². The van der Waals surface area contributed by atoms with E-state index in [-0.39, 0.29) is 0 Å². The number of aromatic nitrogens is 1. The second kappa shape index (κ2) is 6.49. The van der Waals surface area contributed by atoms with Gasteiger partial charge in [0.15, 0.2) is 0 Å². The Balaban J connectivity index is 1.47. The molecule has 2 nitrogen and oxygen atoms in total. The maximum absolute atomic E-state index is 3.71. The van der Waals surface area contributed by atoms with Gasteiger partial charge in [-0.1, -0.05) is 18.2 Å². The van der Waals surface area contributed by atoms with Crippen LogP contribution >= 0.6 is 11.8 Å². The molecule has 0 amide bonds. The van der Waals surface area contributed by atoms with Gasteiger partial charge in [0, 0.05) is 23.1 Å². The third kappa shape index (κ3) is 3.34. The Morgan fingerprint density at radius 1 is 1.21 bits per heavy atom. The molecule has 19 heavy (non-hydrogen) atoms. The third-order valence-corrected chi connectivity index (χ3v) is 5.00. The molecule has 0 atom stereocenters. The minimum Gasteiger partial charge on any atom is -0.361 e. The summed E-state index contributed by atoms with van der Waals surface area (Å²) in [5.41, 5.74) is 2.71. The summed E-state index contributed by atoms with van der Waals surface area (Å²) >= 11 is 2.09. The van der Waals surface area contributed by atoms with Crippen molar-refractivity contribution in [1.82, 2.24) is 10.3 Å². The molecule has 1 aromatic carbocycles. The van der Waals surface area contributed by atoms with E-state index < -0.39 is 0 Å². The summed E-state index contributed by atoms with van der Waals surface area (Å²) in [5.74, 6) is 2.67. The van der Waals surface area contributed by atoms with Crippen molar-refractivity contribution in [3.8, 4) is 0 Å². The van der Waals surface area contributed by atoms with Crippen LogP contribution in [0.3, 0.4) is 0 Å². The fraction of sp³-hybridized carbons (Fsp3) is 0.500. The van der Waals surface area contributed by atoms with E-state index in [0.29, 0.717) is 0 Å². The predicted molar refractivity (Wildman–Crippen MR) is 85.0 cm³/mol. The molecule has 2 aromatic rings. The number of nitrogens with one attached hydrogen (secondary N) is 2. The Labute approximate surface area is 119 Å². The molecule has 0 saturated carbocycles. The number of rotatable bonds is 5. The topological polar surface area (TPSA) is 27.8 Å². The van der Waals surface area contributed by atoms with Crippen molar-refractivity contribution in [2.24, 2.45) is 0 Å².